The zero-order valence-corrected chi connectivity index (χ0v) is 21.6. The van der Waals surface area contributed by atoms with Crippen LogP contribution in [0.15, 0.2) is 22.3 Å². The van der Waals surface area contributed by atoms with E-state index < -0.39 is 29.4 Å². The third kappa shape index (κ3) is 6.60. The van der Waals surface area contributed by atoms with Gasteiger partial charge in [0.2, 0.25) is 6.41 Å². The van der Waals surface area contributed by atoms with Crippen molar-refractivity contribution in [1.29, 1.82) is 0 Å². The number of nitrogens with one attached hydrogen (secondary N) is 2. The summed E-state index contributed by atoms with van der Waals surface area (Å²) in [7, 11) is 1.27. The van der Waals surface area contributed by atoms with Crippen LogP contribution in [0.2, 0.25) is 0 Å². The van der Waals surface area contributed by atoms with Crippen LogP contribution in [-0.2, 0) is 38.2 Å². The number of amides is 3. The average molecular weight is 542 g/mol. The SMILES string of the molecule is CCOCC(COCC)OC(=O)C1=CN2C(=O)C(NC(=O)C(=NOC)c3csc(NC=O)n3)[C@H]2SC1. The highest BCUT2D eigenvalue weighted by Crippen LogP contribution is 2.36. The van der Waals surface area contributed by atoms with Gasteiger partial charge in [0.25, 0.3) is 11.8 Å². The molecule has 1 unspecified atom stereocenters. The van der Waals surface area contributed by atoms with E-state index in [2.05, 4.69) is 20.8 Å². The third-order valence-corrected chi connectivity index (χ3v) is 7.04. The van der Waals surface area contributed by atoms with E-state index in [4.69, 9.17) is 19.0 Å². The number of hydrogen-bond acceptors (Lipinski definition) is 12. The molecule has 196 valence electrons. The molecule has 2 aliphatic rings. The maximum atomic E-state index is 12.9. The number of ether oxygens (including phenoxy) is 3. The van der Waals surface area contributed by atoms with Crippen LogP contribution in [0.25, 0.3) is 0 Å². The Morgan fingerprint density at radius 3 is 2.67 bits per heavy atom. The van der Waals surface area contributed by atoms with E-state index in [1.165, 1.54) is 35.4 Å². The summed E-state index contributed by atoms with van der Waals surface area (Å²) < 4.78 is 16.2. The van der Waals surface area contributed by atoms with E-state index in [-0.39, 0.29) is 35.7 Å². The summed E-state index contributed by atoms with van der Waals surface area (Å²) in [6, 6.07) is -0.826. The lowest BCUT2D eigenvalue weighted by Gasteiger charge is -2.47. The number of aromatic nitrogens is 1. The van der Waals surface area contributed by atoms with Crippen LogP contribution < -0.4 is 10.6 Å². The van der Waals surface area contributed by atoms with Crippen molar-refractivity contribution < 1.29 is 38.2 Å². The first kappa shape index (κ1) is 27.6. The molecule has 36 heavy (non-hydrogen) atoms. The van der Waals surface area contributed by atoms with E-state index >= 15 is 0 Å². The molecule has 0 saturated carbocycles. The highest BCUT2D eigenvalue weighted by atomic mass is 32.2. The van der Waals surface area contributed by atoms with E-state index in [1.54, 1.807) is 0 Å². The highest BCUT2D eigenvalue weighted by molar-refractivity contribution is 8.00. The monoisotopic (exact) mass is 541 g/mol. The Kier molecular flexibility index (Phi) is 10.2. The molecule has 1 aromatic heterocycles. The topological polar surface area (TPSA) is 158 Å². The number of carbonyl (C=O) groups excluding carboxylic acids is 4. The number of thiazole rings is 1. The zero-order valence-electron chi connectivity index (χ0n) is 19.9. The Morgan fingerprint density at radius 2 is 2.03 bits per heavy atom. The molecule has 3 heterocycles. The zero-order chi connectivity index (χ0) is 26.1. The lowest BCUT2D eigenvalue weighted by atomic mass is 10.1. The molecule has 1 fully saturated rings. The standard InChI is InChI=1S/C21H27N5O8S2/c1-4-32-7-13(8-33-5-2)34-20(30)12-6-26-18(29)16(19(26)35-9-12)24-17(28)15(25-31-3)14-10-36-21(23-14)22-11-27/h6,10-11,13,16,19H,4-5,7-9H2,1-3H3,(H,24,28)(H,22,23,27)/t16?,19-/m1/s1. The minimum Gasteiger partial charge on any atom is -0.454 e. The van der Waals surface area contributed by atoms with Crippen molar-refractivity contribution in [3.8, 4) is 0 Å². The molecule has 0 bridgehead atoms. The van der Waals surface area contributed by atoms with E-state index in [0.717, 1.165) is 11.3 Å². The number of oxime groups is 1. The van der Waals surface area contributed by atoms with Gasteiger partial charge in [-0.3, -0.25) is 14.4 Å². The first-order chi connectivity index (χ1) is 17.4. The average Bonchev–Trinajstić information content (AvgIpc) is 3.34. The molecule has 2 atom stereocenters. The summed E-state index contributed by atoms with van der Waals surface area (Å²) in [5, 5.41) is 10.2. The Balaban J connectivity index is 1.62. The molecule has 2 N–H and O–H groups in total. The predicted octanol–water partition coefficient (Wildman–Crippen LogP) is 0.331. The van der Waals surface area contributed by atoms with Crippen LogP contribution in [0.5, 0.6) is 0 Å². The Bertz CT molecular complexity index is 1020. The molecule has 1 aromatic rings. The second-order valence-electron chi connectivity index (χ2n) is 7.32. The fraction of sp³-hybridized carbons (Fsp3) is 0.524. The van der Waals surface area contributed by atoms with Crippen molar-refractivity contribution in [3.05, 3.63) is 22.8 Å². The summed E-state index contributed by atoms with van der Waals surface area (Å²) >= 11 is 2.42. The Labute approximate surface area is 215 Å². The number of rotatable bonds is 14. The minimum absolute atomic E-state index is 0.144. The summed E-state index contributed by atoms with van der Waals surface area (Å²) in [4.78, 5) is 59.1. The maximum absolute atomic E-state index is 12.9. The molecule has 3 amide bonds. The molecule has 1 saturated heterocycles. The van der Waals surface area contributed by atoms with Crippen LogP contribution in [0.1, 0.15) is 19.5 Å². The van der Waals surface area contributed by atoms with Gasteiger partial charge in [0.15, 0.2) is 10.8 Å². The first-order valence-electron chi connectivity index (χ1n) is 11.0. The van der Waals surface area contributed by atoms with Crippen LogP contribution in [-0.4, -0.2) is 96.6 Å². The van der Waals surface area contributed by atoms with Crippen LogP contribution >= 0.6 is 23.1 Å². The van der Waals surface area contributed by atoms with Crippen molar-refractivity contribution in [2.45, 2.75) is 31.4 Å². The molecular weight excluding hydrogens is 514 g/mol. The van der Waals surface area contributed by atoms with Crippen LogP contribution in [0.4, 0.5) is 5.13 Å². The molecule has 13 nitrogen and oxygen atoms in total. The number of esters is 1. The van der Waals surface area contributed by atoms with Crippen molar-refractivity contribution in [1.82, 2.24) is 15.2 Å². The lowest BCUT2D eigenvalue weighted by Crippen LogP contribution is -2.69. The maximum Gasteiger partial charge on any atom is 0.336 e. The number of carbonyl (C=O) groups is 4. The normalized spacial score (nSPS) is 19.2. The third-order valence-electron chi connectivity index (χ3n) is 4.95. The number of hydrogen-bond donors (Lipinski definition) is 2. The lowest BCUT2D eigenvalue weighted by molar-refractivity contribution is -0.151. The molecule has 0 spiro atoms. The van der Waals surface area contributed by atoms with Crippen molar-refractivity contribution in [2.24, 2.45) is 5.16 Å². The first-order valence-corrected chi connectivity index (χ1v) is 12.9. The molecular formula is C21H27N5O8S2. The molecule has 3 rings (SSSR count). The number of nitrogens with zero attached hydrogens (tertiary/aromatic N) is 3. The van der Waals surface area contributed by atoms with Gasteiger partial charge in [0, 0.05) is 30.5 Å². The summed E-state index contributed by atoms with van der Waals surface area (Å²) in [5.74, 6) is -1.31. The fourth-order valence-corrected chi connectivity index (χ4v) is 5.17. The van der Waals surface area contributed by atoms with Crippen molar-refractivity contribution in [2.75, 3.05) is 44.6 Å². The van der Waals surface area contributed by atoms with Gasteiger partial charge in [-0.05, 0) is 13.8 Å². The predicted molar refractivity (Wildman–Crippen MR) is 131 cm³/mol. The second kappa shape index (κ2) is 13.3. The molecule has 0 aromatic carbocycles. The van der Waals surface area contributed by atoms with Gasteiger partial charge in [-0.2, -0.15) is 0 Å². The van der Waals surface area contributed by atoms with Gasteiger partial charge in [-0.1, -0.05) is 5.16 Å². The Hall–Kier alpha value is -3.01. The van der Waals surface area contributed by atoms with E-state index in [9.17, 15) is 19.2 Å². The van der Waals surface area contributed by atoms with Crippen LogP contribution in [0, 0.1) is 0 Å². The second-order valence-corrected chi connectivity index (χ2v) is 9.28. The Morgan fingerprint density at radius 1 is 1.31 bits per heavy atom. The van der Waals surface area contributed by atoms with Gasteiger partial charge in [0.05, 0.1) is 18.8 Å². The van der Waals surface area contributed by atoms with Crippen molar-refractivity contribution >= 4 is 58.1 Å². The van der Waals surface area contributed by atoms with Crippen LogP contribution in [0.3, 0.4) is 0 Å². The van der Waals surface area contributed by atoms with Gasteiger partial charge < -0.3 is 34.6 Å². The van der Waals surface area contributed by atoms with Crippen molar-refractivity contribution in [3.63, 3.8) is 0 Å². The molecule has 0 radical (unpaired) electrons. The summed E-state index contributed by atoms with van der Waals surface area (Å²) in [6.45, 7) is 5.05. The number of anilines is 1. The number of thioether (sulfide) groups is 1. The van der Waals surface area contributed by atoms with Gasteiger partial charge in [0.1, 0.15) is 30.3 Å². The minimum atomic E-state index is -0.826. The molecule has 15 heteroatoms. The molecule has 0 aliphatic carbocycles. The van der Waals surface area contributed by atoms with Gasteiger partial charge in [-0.25, -0.2) is 9.78 Å². The number of β-lactam (4-membered cyclic amide) rings is 1. The van der Waals surface area contributed by atoms with Gasteiger partial charge >= 0.3 is 5.97 Å². The molecule has 2 aliphatic heterocycles. The van der Waals surface area contributed by atoms with Gasteiger partial charge in [-0.15, -0.1) is 23.1 Å². The largest absolute Gasteiger partial charge is 0.454 e. The number of fused-ring (bicyclic) bond motifs is 1. The van der Waals surface area contributed by atoms with E-state index in [1.807, 2.05) is 13.8 Å². The smallest absolute Gasteiger partial charge is 0.336 e. The fourth-order valence-electron chi connectivity index (χ4n) is 3.27. The van der Waals surface area contributed by atoms with E-state index in [0.29, 0.717) is 30.9 Å². The summed E-state index contributed by atoms with van der Waals surface area (Å²) in [6.07, 6.45) is 1.36. The highest BCUT2D eigenvalue weighted by Gasteiger charge is 2.50. The quantitative estimate of drug-likeness (QED) is 0.111. The summed E-state index contributed by atoms with van der Waals surface area (Å²) in [5.41, 5.74) is 0.364.